The van der Waals surface area contributed by atoms with Gasteiger partial charge in [0, 0.05) is 18.0 Å². The van der Waals surface area contributed by atoms with Crippen LogP contribution in [0.1, 0.15) is 11.5 Å². The van der Waals surface area contributed by atoms with Gasteiger partial charge in [-0.05, 0) is 13.5 Å². The van der Waals surface area contributed by atoms with E-state index in [-0.39, 0.29) is 0 Å². The molecule has 0 aromatic carbocycles. The molecule has 3 heterocycles. The zero-order chi connectivity index (χ0) is 11.8. The van der Waals surface area contributed by atoms with Gasteiger partial charge in [0.1, 0.15) is 5.69 Å². The highest BCUT2D eigenvalue weighted by Gasteiger charge is 2.14. The van der Waals surface area contributed by atoms with Crippen molar-refractivity contribution in [3.8, 4) is 11.6 Å². The molecule has 0 saturated carbocycles. The number of rotatable bonds is 3. The van der Waals surface area contributed by atoms with Gasteiger partial charge in [-0.25, -0.2) is 4.98 Å². The van der Waals surface area contributed by atoms with E-state index < -0.39 is 0 Å². The summed E-state index contributed by atoms with van der Waals surface area (Å²) < 4.78 is 7.12. The first kappa shape index (κ1) is 10.4. The molecule has 2 N–H and O–H groups in total. The molecule has 0 fully saturated rings. The Labute approximate surface area is 101 Å². The fraction of sp³-hybridized carbons (Fsp3) is 0.300. The number of thiazole rings is 1. The third-order valence-electron chi connectivity index (χ3n) is 2.41. The van der Waals surface area contributed by atoms with E-state index in [9.17, 15) is 0 Å². The molecule has 3 aromatic rings. The summed E-state index contributed by atoms with van der Waals surface area (Å²) in [6.07, 6.45) is 2.74. The van der Waals surface area contributed by atoms with Gasteiger partial charge >= 0.3 is 0 Å². The van der Waals surface area contributed by atoms with Crippen LogP contribution in [0.4, 0.5) is 0 Å². The Bertz CT molecular complexity index is 653. The van der Waals surface area contributed by atoms with E-state index >= 15 is 0 Å². The third kappa shape index (κ3) is 1.73. The van der Waals surface area contributed by atoms with Crippen LogP contribution in [0.3, 0.4) is 0 Å². The molecule has 3 rings (SSSR count). The summed E-state index contributed by atoms with van der Waals surface area (Å²) >= 11 is 1.55. The van der Waals surface area contributed by atoms with Crippen LogP contribution in [-0.4, -0.2) is 26.1 Å². The van der Waals surface area contributed by atoms with Gasteiger partial charge in [-0.3, -0.25) is 4.40 Å². The zero-order valence-corrected chi connectivity index (χ0v) is 10.1. The minimum Gasteiger partial charge on any atom is -0.332 e. The molecule has 0 aliphatic heterocycles. The third-order valence-corrected chi connectivity index (χ3v) is 3.25. The normalized spacial score (nSPS) is 11.4. The maximum Gasteiger partial charge on any atom is 0.275 e. The van der Waals surface area contributed by atoms with Crippen LogP contribution in [0, 0.1) is 6.92 Å². The highest BCUT2D eigenvalue weighted by molar-refractivity contribution is 7.15. The van der Waals surface area contributed by atoms with Crippen molar-refractivity contribution in [1.29, 1.82) is 0 Å². The highest BCUT2D eigenvalue weighted by atomic mass is 32.1. The molecular weight excluding hydrogens is 238 g/mol. The van der Waals surface area contributed by atoms with Gasteiger partial charge in [0.05, 0.1) is 5.69 Å². The number of fused-ring (bicyclic) bond motifs is 1. The molecule has 0 unspecified atom stereocenters. The first-order valence-corrected chi connectivity index (χ1v) is 6.12. The van der Waals surface area contributed by atoms with Crippen LogP contribution in [0.2, 0.25) is 0 Å². The Hall–Kier alpha value is -1.73. The van der Waals surface area contributed by atoms with Crippen molar-refractivity contribution in [2.45, 2.75) is 13.3 Å². The van der Waals surface area contributed by atoms with Gasteiger partial charge in [0.25, 0.3) is 5.89 Å². The Morgan fingerprint density at radius 3 is 3.06 bits per heavy atom. The molecule has 0 aliphatic rings. The molecule has 0 amide bonds. The largest absolute Gasteiger partial charge is 0.332 e. The summed E-state index contributed by atoms with van der Waals surface area (Å²) in [5.41, 5.74) is 7.38. The molecule has 0 aliphatic carbocycles. The second-order valence-electron chi connectivity index (χ2n) is 3.69. The maximum absolute atomic E-state index is 5.52. The van der Waals surface area contributed by atoms with E-state index in [1.807, 2.05) is 16.0 Å². The number of imidazole rings is 1. The Morgan fingerprint density at radius 2 is 2.35 bits per heavy atom. The van der Waals surface area contributed by atoms with E-state index in [2.05, 4.69) is 15.1 Å². The van der Waals surface area contributed by atoms with Crippen molar-refractivity contribution in [3.63, 3.8) is 0 Å². The van der Waals surface area contributed by atoms with Crippen molar-refractivity contribution in [1.82, 2.24) is 19.5 Å². The molecule has 0 saturated heterocycles. The van der Waals surface area contributed by atoms with Crippen molar-refractivity contribution >= 4 is 16.3 Å². The lowest BCUT2D eigenvalue weighted by Gasteiger charge is -1.90. The highest BCUT2D eigenvalue weighted by Crippen LogP contribution is 2.25. The summed E-state index contributed by atoms with van der Waals surface area (Å²) in [6, 6.07) is 0. The summed E-state index contributed by atoms with van der Waals surface area (Å²) in [6.45, 7) is 2.39. The number of nitrogens with zero attached hydrogens (tertiary/aromatic N) is 4. The number of hydrogen-bond donors (Lipinski definition) is 1. The van der Waals surface area contributed by atoms with E-state index in [1.54, 1.807) is 18.3 Å². The molecule has 6 nitrogen and oxygen atoms in total. The van der Waals surface area contributed by atoms with Gasteiger partial charge < -0.3 is 10.3 Å². The number of nitrogens with two attached hydrogens (primary N) is 1. The number of hydrogen-bond acceptors (Lipinski definition) is 6. The summed E-state index contributed by atoms with van der Waals surface area (Å²) in [4.78, 5) is 9.60. The average Bonchev–Trinajstić information content (AvgIpc) is 2.93. The molecule has 0 radical (unpaired) electrons. The Balaban J connectivity index is 2.10. The smallest absolute Gasteiger partial charge is 0.275 e. The number of aromatic nitrogens is 4. The second-order valence-corrected chi connectivity index (χ2v) is 4.53. The zero-order valence-electron chi connectivity index (χ0n) is 9.25. The van der Waals surface area contributed by atoms with E-state index in [1.165, 1.54) is 0 Å². The predicted octanol–water partition coefficient (Wildman–Crippen LogP) is 1.26. The minimum absolute atomic E-state index is 0.519. The molecule has 7 heteroatoms. The van der Waals surface area contributed by atoms with Gasteiger partial charge in [-0.1, -0.05) is 5.16 Å². The summed E-state index contributed by atoms with van der Waals surface area (Å²) in [7, 11) is 0. The van der Waals surface area contributed by atoms with Crippen LogP contribution in [0.5, 0.6) is 0 Å². The first-order chi connectivity index (χ1) is 8.28. The fourth-order valence-electron chi connectivity index (χ4n) is 1.65. The number of aryl methyl sites for hydroxylation is 1. The van der Waals surface area contributed by atoms with E-state index in [0.717, 1.165) is 22.8 Å². The Morgan fingerprint density at radius 1 is 1.47 bits per heavy atom. The fourth-order valence-corrected chi connectivity index (χ4v) is 2.52. The van der Waals surface area contributed by atoms with Crippen molar-refractivity contribution < 1.29 is 4.52 Å². The quantitative estimate of drug-likeness (QED) is 0.755. The molecular formula is C10H11N5OS. The topological polar surface area (TPSA) is 82.2 Å². The Kier molecular flexibility index (Phi) is 2.41. The first-order valence-electron chi connectivity index (χ1n) is 5.24. The minimum atomic E-state index is 0.519. The lowest BCUT2D eigenvalue weighted by molar-refractivity contribution is 0.424. The maximum atomic E-state index is 5.52. The van der Waals surface area contributed by atoms with Gasteiger partial charge in [0.2, 0.25) is 0 Å². The van der Waals surface area contributed by atoms with Crippen LogP contribution in [-0.2, 0) is 6.42 Å². The van der Waals surface area contributed by atoms with Crippen molar-refractivity contribution in [3.05, 3.63) is 23.1 Å². The van der Waals surface area contributed by atoms with Crippen LogP contribution >= 0.6 is 11.3 Å². The van der Waals surface area contributed by atoms with Gasteiger partial charge in [-0.15, -0.1) is 11.3 Å². The molecule has 0 atom stereocenters. The molecule has 88 valence electrons. The van der Waals surface area contributed by atoms with E-state index in [4.69, 9.17) is 10.3 Å². The van der Waals surface area contributed by atoms with Gasteiger partial charge in [-0.2, -0.15) is 4.98 Å². The SMILES string of the molecule is Cc1noc(-c2csc3nc(CCN)cn23)n1. The van der Waals surface area contributed by atoms with Crippen LogP contribution in [0.25, 0.3) is 16.5 Å². The molecule has 0 spiro atoms. The van der Waals surface area contributed by atoms with E-state index in [0.29, 0.717) is 18.3 Å². The average molecular weight is 249 g/mol. The molecule has 3 aromatic heterocycles. The van der Waals surface area contributed by atoms with Crippen molar-refractivity contribution in [2.75, 3.05) is 6.54 Å². The van der Waals surface area contributed by atoms with Crippen LogP contribution in [0.15, 0.2) is 16.1 Å². The predicted molar refractivity (Wildman–Crippen MR) is 63.9 cm³/mol. The monoisotopic (exact) mass is 249 g/mol. The lowest BCUT2D eigenvalue weighted by atomic mass is 10.3. The second kappa shape index (κ2) is 3.94. The lowest BCUT2D eigenvalue weighted by Crippen LogP contribution is -2.02. The summed E-state index contributed by atoms with van der Waals surface area (Å²) in [5, 5.41) is 5.75. The van der Waals surface area contributed by atoms with Crippen molar-refractivity contribution in [2.24, 2.45) is 5.73 Å². The summed E-state index contributed by atoms with van der Waals surface area (Å²) in [5.74, 6) is 1.15. The van der Waals surface area contributed by atoms with Crippen LogP contribution < -0.4 is 5.73 Å². The molecule has 0 bridgehead atoms. The molecule has 17 heavy (non-hydrogen) atoms. The van der Waals surface area contributed by atoms with Gasteiger partial charge in [0.15, 0.2) is 10.8 Å². The standard InChI is InChI=1S/C10H11N5OS/c1-6-12-9(16-14-6)8-5-17-10-13-7(2-3-11)4-15(8)10/h4-5H,2-3,11H2,1H3.